The van der Waals surface area contributed by atoms with Gasteiger partial charge in [0.25, 0.3) is 0 Å². The van der Waals surface area contributed by atoms with Crippen molar-refractivity contribution in [2.24, 2.45) is 5.92 Å². The van der Waals surface area contributed by atoms with Crippen LogP contribution in [0.15, 0.2) is 0 Å². The Hall–Kier alpha value is -0.0400. The van der Waals surface area contributed by atoms with E-state index < -0.39 is 0 Å². The van der Waals surface area contributed by atoms with E-state index in [2.05, 4.69) is 25.8 Å². The summed E-state index contributed by atoms with van der Waals surface area (Å²) < 4.78 is 0. The molecule has 0 aromatic heterocycles. The number of rotatable bonds is 2. The maximum absolute atomic E-state index is 2.54. The van der Waals surface area contributed by atoms with Crippen molar-refractivity contribution in [1.29, 1.82) is 0 Å². The van der Waals surface area contributed by atoms with Crippen molar-refractivity contribution in [3.8, 4) is 0 Å². The van der Waals surface area contributed by atoms with Crippen LogP contribution in [0.1, 0.15) is 39.5 Å². The van der Waals surface area contributed by atoms with Crippen molar-refractivity contribution in [3.63, 3.8) is 0 Å². The third-order valence-corrected chi connectivity index (χ3v) is 3.13. The van der Waals surface area contributed by atoms with Crippen LogP contribution >= 0.6 is 0 Å². The van der Waals surface area contributed by atoms with E-state index in [1.54, 1.807) is 0 Å². The van der Waals surface area contributed by atoms with Gasteiger partial charge < -0.3 is 4.90 Å². The van der Waals surface area contributed by atoms with Crippen LogP contribution < -0.4 is 0 Å². The number of hydrogen-bond acceptors (Lipinski definition) is 1. The predicted octanol–water partition coefficient (Wildman–Crippen LogP) is 2.52. The number of likely N-dealkylation sites (tertiary alicyclic amines) is 1. The molecule has 1 aliphatic heterocycles. The summed E-state index contributed by atoms with van der Waals surface area (Å²) in [4.78, 5) is 2.54. The van der Waals surface area contributed by atoms with E-state index >= 15 is 0 Å². The fourth-order valence-electron chi connectivity index (χ4n) is 2.15. The summed E-state index contributed by atoms with van der Waals surface area (Å²) >= 11 is 0. The maximum atomic E-state index is 2.54. The predicted molar refractivity (Wildman–Crippen MR) is 49.7 cm³/mol. The smallest absolute Gasteiger partial charge is 0.00898 e. The zero-order valence-corrected chi connectivity index (χ0v) is 8.14. The molecule has 1 heteroatoms. The lowest BCUT2D eigenvalue weighted by Gasteiger charge is -2.36. The molecule has 1 aliphatic rings. The summed E-state index contributed by atoms with van der Waals surface area (Å²) in [5, 5.41) is 0. The maximum Gasteiger partial charge on any atom is 0.00898 e. The lowest BCUT2D eigenvalue weighted by Crippen LogP contribution is -2.39. The van der Waals surface area contributed by atoms with Gasteiger partial charge in [0.15, 0.2) is 0 Å². The first-order chi connectivity index (χ1) is 5.27. The van der Waals surface area contributed by atoms with Crippen molar-refractivity contribution in [3.05, 3.63) is 0 Å². The molecule has 0 amide bonds. The zero-order chi connectivity index (χ0) is 8.27. The van der Waals surface area contributed by atoms with Crippen molar-refractivity contribution < 1.29 is 0 Å². The summed E-state index contributed by atoms with van der Waals surface area (Å²) in [6, 6.07) is 0.873. The molecule has 0 aromatic rings. The summed E-state index contributed by atoms with van der Waals surface area (Å²) in [6.07, 6.45) is 5.57. The van der Waals surface area contributed by atoms with Gasteiger partial charge in [0.2, 0.25) is 0 Å². The zero-order valence-electron chi connectivity index (χ0n) is 8.14. The van der Waals surface area contributed by atoms with Gasteiger partial charge in [0.05, 0.1) is 0 Å². The van der Waals surface area contributed by atoms with Gasteiger partial charge in [-0.25, -0.2) is 0 Å². The molecular weight excluding hydrogens is 134 g/mol. The molecule has 1 nitrogen and oxygen atoms in total. The molecule has 0 saturated carbocycles. The Labute approximate surface area is 70.8 Å². The Morgan fingerprint density at radius 3 is 2.36 bits per heavy atom. The standard InChI is InChI=1S/C10H21N/c1-4-9-6-7-10(5-2)11(3)8-9/h9-10H,4-8H2,1-3H3. The average molecular weight is 155 g/mol. The minimum atomic E-state index is 0.873. The molecule has 1 heterocycles. The van der Waals surface area contributed by atoms with Crippen molar-refractivity contribution >= 4 is 0 Å². The number of nitrogens with zero attached hydrogens (tertiary/aromatic N) is 1. The quantitative estimate of drug-likeness (QED) is 0.592. The molecule has 0 aliphatic carbocycles. The lowest BCUT2D eigenvalue weighted by atomic mass is 9.90. The Bertz CT molecular complexity index is 111. The minimum absolute atomic E-state index is 0.873. The highest BCUT2D eigenvalue weighted by Gasteiger charge is 2.22. The van der Waals surface area contributed by atoms with Crippen molar-refractivity contribution in [2.75, 3.05) is 13.6 Å². The third kappa shape index (κ3) is 2.19. The van der Waals surface area contributed by atoms with Crippen molar-refractivity contribution in [1.82, 2.24) is 4.90 Å². The Morgan fingerprint density at radius 2 is 1.91 bits per heavy atom. The van der Waals surface area contributed by atoms with Gasteiger partial charge >= 0.3 is 0 Å². The molecular formula is C10H21N. The van der Waals surface area contributed by atoms with E-state index in [9.17, 15) is 0 Å². The van der Waals surface area contributed by atoms with Crippen LogP contribution in [0.4, 0.5) is 0 Å². The van der Waals surface area contributed by atoms with Crippen LogP contribution in [0.3, 0.4) is 0 Å². The lowest BCUT2D eigenvalue weighted by molar-refractivity contribution is 0.132. The van der Waals surface area contributed by atoms with Gasteiger partial charge in [-0.1, -0.05) is 20.3 Å². The van der Waals surface area contributed by atoms with E-state index in [0.717, 1.165) is 12.0 Å². The normalized spacial score (nSPS) is 34.1. The Balaban J connectivity index is 2.34. The van der Waals surface area contributed by atoms with E-state index in [0.29, 0.717) is 0 Å². The molecule has 0 N–H and O–H groups in total. The molecule has 0 bridgehead atoms. The number of piperidine rings is 1. The molecule has 0 spiro atoms. The Kier molecular flexibility index (Phi) is 3.38. The van der Waals surface area contributed by atoms with Gasteiger partial charge in [-0.2, -0.15) is 0 Å². The minimum Gasteiger partial charge on any atom is -0.303 e. The molecule has 0 radical (unpaired) electrons. The molecule has 66 valence electrons. The topological polar surface area (TPSA) is 3.24 Å². The molecule has 2 atom stereocenters. The van der Waals surface area contributed by atoms with Crippen LogP contribution in [-0.2, 0) is 0 Å². The van der Waals surface area contributed by atoms with E-state index in [1.165, 1.54) is 32.2 Å². The fraction of sp³-hybridized carbons (Fsp3) is 1.00. The molecule has 1 fully saturated rings. The highest BCUT2D eigenvalue weighted by molar-refractivity contribution is 4.77. The van der Waals surface area contributed by atoms with Gasteiger partial charge in [-0.15, -0.1) is 0 Å². The van der Waals surface area contributed by atoms with Gasteiger partial charge in [0, 0.05) is 12.6 Å². The third-order valence-electron chi connectivity index (χ3n) is 3.13. The van der Waals surface area contributed by atoms with Crippen molar-refractivity contribution in [2.45, 2.75) is 45.6 Å². The first-order valence-corrected chi connectivity index (χ1v) is 4.98. The Morgan fingerprint density at radius 1 is 1.18 bits per heavy atom. The monoisotopic (exact) mass is 155 g/mol. The van der Waals surface area contributed by atoms with E-state index in [-0.39, 0.29) is 0 Å². The molecule has 2 unspecified atom stereocenters. The van der Waals surface area contributed by atoms with Crippen LogP contribution in [0.5, 0.6) is 0 Å². The SMILES string of the molecule is CCC1CCC(CC)N(C)C1. The van der Waals surface area contributed by atoms with E-state index in [4.69, 9.17) is 0 Å². The van der Waals surface area contributed by atoms with Gasteiger partial charge in [0.1, 0.15) is 0 Å². The summed E-state index contributed by atoms with van der Waals surface area (Å²) in [6.45, 7) is 5.94. The van der Waals surface area contributed by atoms with Crippen LogP contribution in [0.2, 0.25) is 0 Å². The second kappa shape index (κ2) is 4.10. The first kappa shape index (κ1) is 9.05. The molecule has 0 aromatic carbocycles. The molecule has 1 rings (SSSR count). The van der Waals surface area contributed by atoms with Crippen LogP contribution in [-0.4, -0.2) is 24.5 Å². The van der Waals surface area contributed by atoms with Crippen LogP contribution in [0, 0.1) is 5.92 Å². The summed E-state index contributed by atoms with van der Waals surface area (Å²) in [5.41, 5.74) is 0. The van der Waals surface area contributed by atoms with E-state index in [1.807, 2.05) is 0 Å². The van der Waals surface area contributed by atoms with Gasteiger partial charge in [-0.05, 0) is 32.2 Å². The first-order valence-electron chi connectivity index (χ1n) is 4.98. The van der Waals surface area contributed by atoms with Gasteiger partial charge in [-0.3, -0.25) is 0 Å². The second-order valence-electron chi connectivity index (χ2n) is 3.85. The average Bonchev–Trinajstić information content (AvgIpc) is 2.04. The molecule has 1 saturated heterocycles. The van der Waals surface area contributed by atoms with Crippen LogP contribution in [0.25, 0.3) is 0 Å². The second-order valence-corrected chi connectivity index (χ2v) is 3.85. The summed E-state index contributed by atoms with van der Waals surface area (Å²) in [7, 11) is 2.27. The molecule has 11 heavy (non-hydrogen) atoms. The highest BCUT2D eigenvalue weighted by Crippen LogP contribution is 2.24. The highest BCUT2D eigenvalue weighted by atomic mass is 15.1. The fourth-order valence-corrected chi connectivity index (χ4v) is 2.15. The largest absolute Gasteiger partial charge is 0.303 e. The number of hydrogen-bond donors (Lipinski definition) is 0. The summed E-state index contributed by atoms with van der Waals surface area (Å²) in [5.74, 6) is 0.975.